The number of methoxy groups -OCH3 is 1. The number of carbonyl (C=O) groups is 1. The maximum absolute atomic E-state index is 11.9. The molecule has 0 spiro atoms. The minimum absolute atomic E-state index is 0.0931. The van der Waals surface area contributed by atoms with E-state index in [1.165, 1.54) is 0 Å². The highest BCUT2D eigenvalue weighted by atomic mass is 32.1. The van der Waals surface area contributed by atoms with E-state index in [0.717, 1.165) is 4.88 Å². The lowest BCUT2D eigenvalue weighted by Gasteiger charge is -2.10. The van der Waals surface area contributed by atoms with Gasteiger partial charge in [-0.05, 0) is 23.6 Å². The van der Waals surface area contributed by atoms with Gasteiger partial charge >= 0.3 is 0 Å². The first-order valence-electron chi connectivity index (χ1n) is 8.15. The molecule has 0 saturated carbocycles. The van der Waals surface area contributed by atoms with Crippen LogP contribution in [0.4, 0.5) is 0 Å². The monoisotopic (exact) mass is 373 g/mol. The summed E-state index contributed by atoms with van der Waals surface area (Å²) >= 11 is 1.54. The number of rotatable bonds is 9. The van der Waals surface area contributed by atoms with Gasteiger partial charge in [-0.15, -0.1) is 11.3 Å². The Labute approximate surface area is 154 Å². The first kappa shape index (κ1) is 17.9. The fourth-order valence-corrected chi connectivity index (χ4v) is 2.91. The second-order valence-corrected chi connectivity index (χ2v) is 6.29. The molecular formula is C18H19N3O4S. The van der Waals surface area contributed by atoms with Gasteiger partial charge in [0.15, 0.2) is 11.5 Å². The molecule has 7 nitrogen and oxygen atoms in total. The summed E-state index contributed by atoms with van der Waals surface area (Å²) in [5.41, 5.74) is 0. The molecule has 0 atom stereocenters. The Bertz CT molecular complexity index is 833. The van der Waals surface area contributed by atoms with E-state index in [0.29, 0.717) is 42.8 Å². The molecule has 8 heteroatoms. The molecule has 0 unspecified atom stereocenters. The maximum atomic E-state index is 11.9. The van der Waals surface area contributed by atoms with Crippen LogP contribution in [-0.4, -0.2) is 36.3 Å². The van der Waals surface area contributed by atoms with Crippen LogP contribution in [0, 0.1) is 0 Å². The van der Waals surface area contributed by atoms with Gasteiger partial charge in [-0.3, -0.25) is 4.79 Å². The number of nitrogens with one attached hydrogen (secondary N) is 1. The van der Waals surface area contributed by atoms with Crippen molar-refractivity contribution in [1.29, 1.82) is 0 Å². The van der Waals surface area contributed by atoms with Crippen molar-refractivity contribution in [2.45, 2.75) is 12.8 Å². The molecule has 0 fully saturated rings. The third kappa shape index (κ3) is 4.82. The summed E-state index contributed by atoms with van der Waals surface area (Å²) in [4.78, 5) is 17.1. The van der Waals surface area contributed by atoms with E-state index in [9.17, 15) is 4.79 Å². The van der Waals surface area contributed by atoms with Crippen LogP contribution < -0.4 is 14.8 Å². The second-order valence-electron chi connectivity index (χ2n) is 5.34. The Morgan fingerprint density at radius 3 is 2.85 bits per heavy atom. The Balaban J connectivity index is 1.37. The number of amides is 1. The minimum atomic E-state index is -0.0931. The Morgan fingerprint density at radius 2 is 2.08 bits per heavy atom. The molecule has 26 heavy (non-hydrogen) atoms. The van der Waals surface area contributed by atoms with E-state index in [2.05, 4.69) is 15.5 Å². The first-order valence-corrected chi connectivity index (χ1v) is 9.03. The molecule has 3 aromatic rings. The number of hydrogen-bond donors (Lipinski definition) is 1. The van der Waals surface area contributed by atoms with Crippen LogP contribution in [0.5, 0.6) is 11.5 Å². The topological polar surface area (TPSA) is 86.5 Å². The number of para-hydroxylation sites is 2. The van der Waals surface area contributed by atoms with Crippen LogP contribution in [0.15, 0.2) is 46.3 Å². The first-order chi connectivity index (χ1) is 12.8. The lowest BCUT2D eigenvalue weighted by Crippen LogP contribution is -2.28. The smallest absolute Gasteiger partial charge is 0.227 e. The van der Waals surface area contributed by atoms with Crippen LogP contribution in [0.1, 0.15) is 12.3 Å². The molecule has 0 radical (unpaired) electrons. The van der Waals surface area contributed by atoms with Gasteiger partial charge in [-0.1, -0.05) is 23.4 Å². The van der Waals surface area contributed by atoms with Gasteiger partial charge in [0.25, 0.3) is 0 Å². The van der Waals surface area contributed by atoms with E-state index in [1.807, 2.05) is 41.8 Å². The average Bonchev–Trinajstić information content (AvgIpc) is 3.35. The molecule has 3 rings (SSSR count). The molecule has 1 amide bonds. The third-order valence-corrected chi connectivity index (χ3v) is 4.39. The third-order valence-electron chi connectivity index (χ3n) is 3.53. The van der Waals surface area contributed by atoms with Crippen molar-refractivity contribution in [2.75, 3.05) is 20.3 Å². The Kier molecular flexibility index (Phi) is 6.21. The van der Waals surface area contributed by atoms with Gasteiger partial charge in [0.05, 0.1) is 18.5 Å². The van der Waals surface area contributed by atoms with Crippen molar-refractivity contribution >= 4 is 17.2 Å². The van der Waals surface area contributed by atoms with Gasteiger partial charge in [0.2, 0.25) is 17.6 Å². The normalized spacial score (nSPS) is 10.5. The highest BCUT2D eigenvalue weighted by Crippen LogP contribution is 2.25. The number of hydrogen-bond acceptors (Lipinski definition) is 7. The summed E-state index contributed by atoms with van der Waals surface area (Å²) in [7, 11) is 1.59. The summed E-state index contributed by atoms with van der Waals surface area (Å²) in [5, 5.41) is 8.68. The zero-order valence-electron chi connectivity index (χ0n) is 14.3. The summed E-state index contributed by atoms with van der Waals surface area (Å²) in [6.07, 6.45) is 0.679. The van der Waals surface area contributed by atoms with Crippen molar-refractivity contribution < 1.29 is 18.8 Å². The van der Waals surface area contributed by atoms with Gasteiger partial charge < -0.3 is 19.3 Å². The highest BCUT2D eigenvalue weighted by Gasteiger charge is 2.11. The van der Waals surface area contributed by atoms with Gasteiger partial charge in [-0.25, -0.2) is 0 Å². The van der Waals surface area contributed by atoms with Crippen molar-refractivity contribution in [3.63, 3.8) is 0 Å². The molecule has 136 valence electrons. The molecule has 1 N–H and O–H groups in total. The van der Waals surface area contributed by atoms with E-state index in [-0.39, 0.29) is 12.3 Å². The number of ether oxygens (including phenoxy) is 2. The molecule has 0 aliphatic carbocycles. The van der Waals surface area contributed by atoms with Crippen LogP contribution >= 0.6 is 11.3 Å². The van der Waals surface area contributed by atoms with E-state index in [4.69, 9.17) is 14.0 Å². The molecule has 2 heterocycles. The molecule has 0 bridgehead atoms. The van der Waals surface area contributed by atoms with E-state index >= 15 is 0 Å². The summed E-state index contributed by atoms with van der Waals surface area (Å²) in [6.45, 7) is 0.760. The lowest BCUT2D eigenvalue weighted by atomic mass is 10.3. The van der Waals surface area contributed by atoms with Gasteiger partial charge in [-0.2, -0.15) is 4.98 Å². The predicted octanol–water partition coefficient (Wildman–Crippen LogP) is 2.93. The minimum Gasteiger partial charge on any atom is -0.493 e. The molecule has 0 saturated heterocycles. The van der Waals surface area contributed by atoms with Crippen molar-refractivity contribution in [2.24, 2.45) is 0 Å². The van der Waals surface area contributed by atoms with Crippen LogP contribution in [0.2, 0.25) is 0 Å². The quantitative estimate of drug-likeness (QED) is 0.581. The maximum Gasteiger partial charge on any atom is 0.227 e. The summed E-state index contributed by atoms with van der Waals surface area (Å²) in [6, 6.07) is 11.2. The van der Waals surface area contributed by atoms with E-state index < -0.39 is 0 Å². The van der Waals surface area contributed by atoms with E-state index in [1.54, 1.807) is 18.4 Å². The van der Waals surface area contributed by atoms with Crippen molar-refractivity contribution in [3.05, 3.63) is 47.7 Å². The number of nitrogens with zero attached hydrogens (tertiary/aromatic N) is 2. The fourth-order valence-electron chi connectivity index (χ4n) is 2.26. The Hall–Kier alpha value is -2.87. The van der Waals surface area contributed by atoms with Crippen LogP contribution in [-0.2, 0) is 11.2 Å². The summed E-state index contributed by atoms with van der Waals surface area (Å²) in [5.74, 6) is 2.23. The zero-order chi connectivity index (χ0) is 18.2. The number of carbonyl (C=O) groups excluding carboxylic acids is 1. The summed E-state index contributed by atoms with van der Waals surface area (Å²) < 4.78 is 16.0. The SMILES string of the molecule is COc1ccccc1OCCNC(=O)CCc1nc(-c2cccs2)no1. The molecule has 0 aliphatic rings. The standard InChI is InChI=1S/C18H19N3O4S/c1-23-13-5-2-3-6-14(13)24-11-10-19-16(22)8-9-17-20-18(21-25-17)15-7-4-12-26-15/h2-7,12H,8-11H2,1H3,(H,19,22). The molecule has 1 aromatic carbocycles. The van der Waals surface area contributed by atoms with Gasteiger partial charge in [0, 0.05) is 12.8 Å². The molecular weight excluding hydrogens is 354 g/mol. The highest BCUT2D eigenvalue weighted by molar-refractivity contribution is 7.13. The predicted molar refractivity (Wildman–Crippen MR) is 97.4 cm³/mol. The average molecular weight is 373 g/mol. The zero-order valence-corrected chi connectivity index (χ0v) is 15.1. The Morgan fingerprint density at radius 1 is 1.23 bits per heavy atom. The molecule has 0 aliphatic heterocycles. The van der Waals surface area contributed by atoms with Crippen molar-refractivity contribution in [1.82, 2.24) is 15.5 Å². The van der Waals surface area contributed by atoms with Crippen LogP contribution in [0.25, 0.3) is 10.7 Å². The van der Waals surface area contributed by atoms with Crippen LogP contribution in [0.3, 0.4) is 0 Å². The number of thiophene rings is 1. The number of benzene rings is 1. The number of aryl methyl sites for hydroxylation is 1. The van der Waals surface area contributed by atoms with Crippen molar-refractivity contribution in [3.8, 4) is 22.2 Å². The number of aromatic nitrogens is 2. The molecule has 2 aromatic heterocycles. The largest absolute Gasteiger partial charge is 0.493 e. The fraction of sp³-hybridized carbons (Fsp3) is 0.278. The lowest BCUT2D eigenvalue weighted by molar-refractivity contribution is -0.121. The van der Waals surface area contributed by atoms with Gasteiger partial charge in [0.1, 0.15) is 6.61 Å². The second kappa shape index (κ2) is 9.00.